The number of methoxy groups -OCH3 is 1. The molecule has 3 nitrogen and oxygen atoms in total. The van der Waals surface area contributed by atoms with Gasteiger partial charge in [0.15, 0.2) is 0 Å². The van der Waals surface area contributed by atoms with E-state index in [1.165, 1.54) is 45.2 Å². The van der Waals surface area contributed by atoms with E-state index in [1.54, 1.807) is 7.11 Å². The maximum atomic E-state index is 5.22. The van der Waals surface area contributed by atoms with Crippen molar-refractivity contribution >= 4 is 0 Å². The Hall–Kier alpha value is -0.120. The Labute approximate surface area is 99.5 Å². The molecule has 0 bridgehead atoms. The summed E-state index contributed by atoms with van der Waals surface area (Å²) in [7, 11) is 1.80. The highest BCUT2D eigenvalue weighted by Crippen LogP contribution is 2.29. The molecular formula is C13H26N2O. The summed E-state index contributed by atoms with van der Waals surface area (Å²) < 4.78 is 5.22. The number of nitrogens with zero attached hydrogens (tertiary/aromatic N) is 1. The lowest BCUT2D eigenvalue weighted by molar-refractivity contribution is 0.0636. The van der Waals surface area contributed by atoms with Gasteiger partial charge in [-0.05, 0) is 18.8 Å². The Morgan fingerprint density at radius 1 is 1.25 bits per heavy atom. The summed E-state index contributed by atoms with van der Waals surface area (Å²) >= 11 is 0. The van der Waals surface area contributed by atoms with Crippen LogP contribution >= 0.6 is 0 Å². The van der Waals surface area contributed by atoms with Crippen LogP contribution in [-0.2, 0) is 4.74 Å². The fourth-order valence-corrected chi connectivity index (χ4v) is 3.24. The minimum atomic E-state index is 0.768. The van der Waals surface area contributed by atoms with Gasteiger partial charge in [-0.3, -0.25) is 4.90 Å². The van der Waals surface area contributed by atoms with Crippen molar-refractivity contribution in [1.82, 2.24) is 10.2 Å². The van der Waals surface area contributed by atoms with E-state index in [1.807, 2.05) is 0 Å². The molecule has 1 atom stereocenters. The quantitative estimate of drug-likeness (QED) is 0.786. The molecule has 3 heteroatoms. The molecule has 2 fully saturated rings. The number of piperazine rings is 1. The molecule has 0 aromatic carbocycles. The molecule has 2 aliphatic rings. The number of hydrogen-bond donors (Lipinski definition) is 1. The van der Waals surface area contributed by atoms with Gasteiger partial charge in [-0.1, -0.05) is 19.3 Å². The first kappa shape index (κ1) is 12.3. The summed E-state index contributed by atoms with van der Waals surface area (Å²) in [5.74, 6) is 0.929. The minimum absolute atomic E-state index is 0.768. The molecule has 1 aliphatic carbocycles. The molecular weight excluding hydrogens is 200 g/mol. The van der Waals surface area contributed by atoms with Crippen molar-refractivity contribution in [3.05, 3.63) is 0 Å². The van der Waals surface area contributed by atoms with Gasteiger partial charge in [0.05, 0.1) is 6.61 Å². The number of hydrogen-bond acceptors (Lipinski definition) is 3. The molecule has 1 saturated carbocycles. The van der Waals surface area contributed by atoms with Gasteiger partial charge >= 0.3 is 0 Å². The molecule has 1 aliphatic heterocycles. The molecule has 0 aromatic heterocycles. The molecule has 1 unspecified atom stereocenters. The maximum absolute atomic E-state index is 5.22. The van der Waals surface area contributed by atoms with E-state index in [4.69, 9.17) is 4.74 Å². The fraction of sp³-hybridized carbons (Fsp3) is 1.00. The molecule has 0 radical (unpaired) electrons. The van der Waals surface area contributed by atoms with Gasteiger partial charge in [0, 0.05) is 39.3 Å². The summed E-state index contributed by atoms with van der Waals surface area (Å²) in [4.78, 5) is 2.65. The standard InChI is InChI=1S/C13H26N2O/c1-16-10-9-15-8-7-14-11-13(15)12-5-3-2-4-6-12/h12-14H,2-11H2,1H3. The molecule has 16 heavy (non-hydrogen) atoms. The third kappa shape index (κ3) is 3.19. The van der Waals surface area contributed by atoms with Gasteiger partial charge in [-0.25, -0.2) is 0 Å². The number of nitrogens with one attached hydrogen (secondary N) is 1. The van der Waals surface area contributed by atoms with Crippen LogP contribution in [0.1, 0.15) is 32.1 Å². The maximum Gasteiger partial charge on any atom is 0.0589 e. The summed E-state index contributed by atoms with van der Waals surface area (Å²) in [5, 5.41) is 3.56. The number of ether oxygens (including phenoxy) is 1. The predicted octanol–water partition coefficient (Wildman–Crippen LogP) is 1.49. The third-order valence-corrected chi connectivity index (χ3v) is 4.17. The van der Waals surface area contributed by atoms with Crippen LogP contribution in [0, 0.1) is 5.92 Å². The zero-order valence-electron chi connectivity index (χ0n) is 10.6. The highest BCUT2D eigenvalue weighted by atomic mass is 16.5. The normalized spacial score (nSPS) is 29.4. The Balaban J connectivity index is 1.86. The van der Waals surface area contributed by atoms with E-state index in [9.17, 15) is 0 Å². The first-order valence-corrected chi connectivity index (χ1v) is 6.85. The fourth-order valence-electron chi connectivity index (χ4n) is 3.24. The summed E-state index contributed by atoms with van der Waals surface area (Å²) in [5.41, 5.74) is 0. The van der Waals surface area contributed by atoms with Crippen molar-refractivity contribution in [3.63, 3.8) is 0 Å². The first-order chi connectivity index (χ1) is 7.92. The molecule has 1 heterocycles. The van der Waals surface area contributed by atoms with Gasteiger partial charge in [-0.2, -0.15) is 0 Å². The SMILES string of the molecule is COCCN1CCNCC1C1CCCCC1. The van der Waals surface area contributed by atoms with Crippen LogP contribution in [0.5, 0.6) is 0 Å². The van der Waals surface area contributed by atoms with Gasteiger partial charge in [0.25, 0.3) is 0 Å². The Kier molecular flexibility index (Phi) is 5.07. The lowest BCUT2D eigenvalue weighted by atomic mass is 9.82. The van der Waals surface area contributed by atoms with Crippen LogP contribution in [0.15, 0.2) is 0 Å². The summed E-state index contributed by atoms with van der Waals surface area (Å²) in [6, 6.07) is 0.768. The second kappa shape index (κ2) is 6.58. The highest BCUT2D eigenvalue weighted by Gasteiger charge is 2.30. The Morgan fingerprint density at radius 2 is 2.06 bits per heavy atom. The van der Waals surface area contributed by atoms with E-state index in [2.05, 4.69) is 10.2 Å². The smallest absolute Gasteiger partial charge is 0.0589 e. The summed E-state index contributed by atoms with van der Waals surface area (Å²) in [6.07, 6.45) is 7.22. The number of rotatable bonds is 4. The van der Waals surface area contributed by atoms with Gasteiger partial charge in [0.1, 0.15) is 0 Å². The van der Waals surface area contributed by atoms with Crippen LogP contribution in [0.2, 0.25) is 0 Å². The van der Waals surface area contributed by atoms with Crippen molar-refractivity contribution in [2.75, 3.05) is 39.9 Å². The van der Waals surface area contributed by atoms with Crippen molar-refractivity contribution in [1.29, 1.82) is 0 Å². The Morgan fingerprint density at radius 3 is 2.81 bits per heavy atom. The molecule has 2 rings (SSSR count). The van der Waals surface area contributed by atoms with Gasteiger partial charge in [-0.15, -0.1) is 0 Å². The van der Waals surface area contributed by atoms with Crippen LogP contribution < -0.4 is 5.32 Å². The monoisotopic (exact) mass is 226 g/mol. The largest absolute Gasteiger partial charge is 0.383 e. The molecule has 94 valence electrons. The minimum Gasteiger partial charge on any atom is -0.383 e. The average molecular weight is 226 g/mol. The zero-order chi connectivity index (χ0) is 11.2. The molecule has 1 N–H and O–H groups in total. The molecule has 0 amide bonds. The topological polar surface area (TPSA) is 24.5 Å². The second-order valence-electron chi connectivity index (χ2n) is 5.20. The van der Waals surface area contributed by atoms with Crippen molar-refractivity contribution in [3.8, 4) is 0 Å². The Bertz CT molecular complexity index is 192. The molecule has 0 spiro atoms. The van der Waals surface area contributed by atoms with Crippen LogP contribution in [0.4, 0.5) is 0 Å². The van der Waals surface area contributed by atoms with Crippen molar-refractivity contribution < 1.29 is 4.74 Å². The van der Waals surface area contributed by atoms with E-state index in [-0.39, 0.29) is 0 Å². The highest BCUT2D eigenvalue weighted by molar-refractivity contribution is 4.86. The van der Waals surface area contributed by atoms with Crippen LogP contribution in [0.3, 0.4) is 0 Å². The third-order valence-electron chi connectivity index (χ3n) is 4.17. The summed E-state index contributed by atoms with van der Waals surface area (Å²) in [6.45, 7) is 5.52. The predicted molar refractivity (Wildman–Crippen MR) is 66.7 cm³/mol. The van der Waals surface area contributed by atoms with Crippen LogP contribution in [0.25, 0.3) is 0 Å². The van der Waals surface area contributed by atoms with Gasteiger partial charge in [0.2, 0.25) is 0 Å². The van der Waals surface area contributed by atoms with Crippen molar-refractivity contribution in [2.45, 2.75) is 38.1 Å². The average Bonchev–Trinajstić information content (AvgIpc) is 2.38. The zero-order valence-corrected chi connectivity index (χ0v) is 10.6. The lowest BCUT2D eigenvalue weighted by Gasteiger charge is -2.42. The van der Waals surface area contributed by atoms with Crippen molar-refractivity contribution in [2.24, 2.45) is 5.92 Å². The van der Waals surface area contributed by atoms with E-state index >= 15 is 0 Å². The van der Waals surface area contributed by atoms with Gasteiger partial charge < -0.3 is 10.1 Å². The van der Waals surface area contributed by atoms with E-state index < -0.39 is 0 Å². The van der Waals surface area contributed by atoms with E-state index in [0.29, 0.717) is 0 Å². The lowest BCUT2D eigenvalue weighted by Crippen LogP contribution is -2.55. The second-order valence-corrected chi connectivity index (χ2v) is 5.20. The van der Waals surface area contributed by atoms with E-state index in [0.717, 1.165) is 31.7 Å². The molecule has 0 aromatic rings. The van der Waals surface area contributed by atoms with Crippen LogP contribution in [-0.4, -0.2) is 50.8 Å². The molecule has 1 saturated heterocycles. The first-order valence-electron chi connectivity index (χ1n) is 6.85.